The molecule has 0 bridgehead atoms. The molecule has 4 nitrogen and oxygen atoms in total. The second-order valence-electron chi connectivity index (χ2n) is 5.31. The highest BCUT2D eigenvalue weighted by Crippen LogP contribution is 2.28. The first-order valence-corrected chi connectivity index (χ1v) is 6.82. The summed E-state index contributed by atoms with van der Waals surface area (Å²) >= 11 is 0. The maximum absolute atomic E-state index is 12.4. The van der Waals surface area contributed by atoms with Crippen molar-refractivity contribution < 1.29 is 9.53 Å². The van der Waals surface area contributed by atoms with E-state index in [2.05, 4.69) is 12.2 Å². The number of nitrogens with zero attached hydrogens (tertiary/aromatic N) is 1. The number of hydrogen-bond acceptors (Lipinski definition) is 3. The zero-order chi connectivity index (χ0) is 12.3. The third-order valence-corrected chi connectivity index (χ3v) is 3.95. The van der Waals surface area contributed by atoms with Crippen LogP contribution < -0.4 is 5.32 Å². The van der Waals surface area contributed by atoms with Gasteiger partial charge in [0.1, 0.15) is 5.60 Å². The quantitative estimate of drug-likeness (QED) is 0.805. The molecule has 17 heavy (non-hydrogen) atoms. The number of carbonyl (C=O) groups excluding carboxylic acids is 1. The number of ether oxygens (including phenoxy) is 1. The number of hydrogen-bond donors (Lipinski definition) is 1. The lowest BCUT2D eigenvalue weighted by Gasteiger charge is -2.36. The monoisotopic (exact) mass is 240 g/mol. The van der Waals surface area contributed by atoms with Crippen molar-refractivity contribution >= 4 is 5.91 Å². The molecule has 2 fully saturated rings. The number of piperidine rings is 1. The molecule has 2 aliphatic rings. The van der Waals surface area contributed by atoms with E-state index >= 15 is 0 Å². The molecule has 0 spiro atoms. The Morgan fingerprint density at radius 3 is 2.71 bits per heavy atom. The number of nitrogens with one attached hydrogen (secondary N) is 1. The molecule has 1 amide bonds. The average molecular weight is 240 g/mol. The number of likely N-dealkylation sites (tertiary alicyclic amines) is 1. The molecule has 1 N–H and O–H groups in total. The van der Waals surface area contributed by atoms with Crippen molar-refractivity contribution in [3.63, 3.8) is 0 Å². The summed E-state index contributed by atoms with van der Waals surface area (Å²) in [6, 6.07) is 0.585. The first-order chi connectivity index (χ1) is 8.15. The van der Waals surface area contributed by atoms with Crippen molar-refractivity contribution in [2.45, 2.75) is 51.2 Å². The van der Waals surface area contributed by atoms with Gasteiger partial charge in [-0.2, -0.15) is 0 Å². The van der Waals surface area contributed by atoms with Gasteiger partial charge in [0.15, 0.2) is 0 Å². The Morgan fingerprint density at radius 2 is 2.18 bits per heavy atom. The van der Waals surface area contributed by atoms with Gasteiger partial charge < -0.3 is 15.0 Å². The topological polar surface area (TPSA) is 41.6 Å². The van der Waals surface area contributed by atoms with Crippen molar-refractivity contribution in [3.8, 4) is 0 Å². The summed E-state index contributed by atoms with van der Waals surface area (Å²) in [6.45, 7) is 7.56. The van der Waals surface area contributed by atoms with Crippen LogP contribution in [0.2, 0.25) is 0 Å². The van der Waals surface area contributed by atoms with Crippen LogP contribution in [0.4, 0.5) is 0 Å². The van der Waals surface area contributed by atoms with E-state index in [0.717, 1.165) is 51.9 Å². The number of carbonyl (C=O) groups is 1. The van der Waals surface area contributed by atoms with E-state index in [1.807, 2.05) is 11.8 Å². The highest BCUT2D eigenvalue weighted by atomic mass is 16.5. The van der Waals surface area contributed by atoms with Crippen LogP contribution >= 0.6 is 0 Å². The fraction of sp³-hybridized carbons (Fsp3) is 0.923. The first kappa shape index (κ1) is 12.8. The van der Waals surface area contributed by atoms with Crippen molar-refractivity contribution in [2.24, 2.45) is 0 Å². The van der Waals surface area contributed by atoms with Gasteiger partial charge in [0, 0.05) is 25.7 Å². The summed E-state index contributed by atoms with van der Waals surface area (Å²) in [4.78, 5) is 14.4. The van der Waals surface area contributed by atoms with E-state index in [9.17, 15) is 4.79 Å². The fourth-order valence-electron chi connectivity index (χ4n) is 2.86. The molecule has 0 aromatic heterocycles. The van der Waals surface area contributed by atoms with Gasteiger partial charge in [-0.25, -0.2) is 0 Å². The molecule has 1 unspecified atom stereocenters. The van der Waals surface area contributed by atoms with Crippen molar-refractivity contribution in [3.05, 3.63) is 0 Å². The van der Waals surface area contributed by atoms with Gasteiger partial charge in [0.05, 0.1) is 0 Å². The normalized spacial score (nSPS) is 30.8. The van der Waals surface area contributed by atoms with Crippen molar-refractivity contribution in [1.82, 2.24) is 10.2 Å². The predicted molar refractivity (Wildman–Crippen MR) is 66.9 cm³/mol. The summed E-state index contributed by atoms with van der Waals surface area (Å²) in [5.74, 6) is 0.199. The van der Waals surface area contributed by atoms with Crippen LogP contribution in [0.1, 0.15) is 39.5 Å². The largest absolute Gasteiger partial charge is 0.365 e. The van der Waals surface area contributed by atoms with Crippen LogP contribution in [-0.2, 0) is 9.53 Å². The first-order valence-electron chi connectivity index (χ1n) is 6.82. The Balaban J connectivity index is 1.86. The van der Waals surface area contributed by atoms with Gasteiger partial charge in [-0.15, -0.1) is 0 Å². The van der Waals surface area contributed by atoms with E-state index in [0.29, 0.717) is 6.04 Å². The molecule has 2 saturated heterocycles. The van der Waals surface area contributed by atoms with E-state index in [4.69, 9.17) is 4.74 Å². The second-order valence-corrected chi connectivity index (χ2v) is 5.31. The smallest absolute Gasteiger partial charge is 0.254 e. The predicted octanol–water partition coefficient (Wildman–Crippen LogP) is 1.16. The van der Waals surface area contributed by atoms with Gasteiger partial charge >= 0.3 is 0 Å². The Kier molecular flexibility index (Phi) is 4.05. The van der Waals surface area contributed by atoms with E-state index < -0.39 is 5.60 Å². The van der Waals surface area contributed by atoms with Gasteiger partial charge in [-0.05, 0) is 39.2 Å². The molecule has 2 heterocycles. The van der Waals surface area contributed by atoms with E-state index in [1.165, 1.54) is 0 Å². The maximum atomic E-state index is 12.4. The molecule has 0 aliphatic carbocycles. The zero-order valence-corrected chi connectivity index (χ0v) is 11.0. The van der Waals surface area contributed by atoms with Crippen LogP contribution in [0, 0.1) is 0 Å². The molecule has 98 valence electrons. The highest BCUT2D eigenvalue weighted by molar-refractivity contribution is 5.85. The summed E-state index contributed by atoms with van der Waals surface area (Å²) in [5, 5.41) is 3.45. The minimum atomic E-state index is -0.537. The molecule has 0 radical (unpaired) electrons. The lowest BCUT2D eigenvalue weighted by molar-refractivity contribution is -0.152. The lowest BCUT2D eigenvalue weighted by atomic mass is 9.98. The highest BCUT2D eigenvalue weighted by Gasteiger charge is 2.41. The molecule has 0 saturated carbocycles. The average Bonchev–Trinajstić information content (AvgIpc) is 2.78. The van der Waals surface area contributed by atoms with Gasteiger partial charge in [0.2, 0.25) is 0 Å². The number of rotatable bonds is 3. The third kappa shape index (κ3) is 2.80. The molecule has 0 aromatic carbocycles. The standard InChI is InChI=1S/C13H24N2O2/c1-3-14-11-5-8-15(9-6-11)12(16)13(2)7-4-10-17-13/h11,14H,3-10H2,1-2H3. The Morgan fingerprint density at radius 1 is 1.47 bits per heavy atom. The van der Waals surface area contributed by atoms with Crippen LogP contribution in [0.15, 0.2) is 0 Å². The fourth-order valence-corrected chi connectivity index (χ4v) is 2.86. The molecule has 4 heteroatoms. The Labute approximate surface area is 104 Å². The SMILES string of the molecule is CCNC1CCN(C(=O)C2(C)CCCO2)CC1. The second kappa shape index (κ2) is 5.36. The molecular formula is C13H24N2O2. The van der Waals surface area contributed by atoms with Gasteiger partial charge in [-0.1, -0.05) is 6.92 Å². The third-order valence-electron chi connectivity index (χ3n) is 3.95. The molecule has 2 aliphatic heterocycles. The van der Waals surface area contributed by atoms with Gasteiger partial charge in [-0.3, -0.25) is 4.79 Å². The van der Waals surface area contributed by atoms with Gasteiger partial charge in [0.25, 0.3) is 5.91 Å². The molecule has 0 aromatic rings. The summed E-state index contributed by atoms with van der Waals surface area (Å²) < 4.78 is 5.62. The van der Waals surface area contributed by atoms with Crippen molar-refractivity contribution in [1.29, 1.82) is 0 Å². The summed E-state index contributed by atoms with van der Waals surface area (Å²) in [5.41, 5.74) is -0.537. The molecule has 1 atom stereocenters. The molecule has 2 rings (SSSR count). The maximum Gasteiger partial charge on any atom is 0.254 e. The van der Waals surface area contributed by atoms with Crippen molar-refractivity contribution in [2.75, 3.05) is 26.2 Å². The van der Waals surface area contributed by atoms with E-state index in [-0.39, 0.29) is 5.91 Å². The molecular weight excluding hydrogens is 216 g/mol. The summed E-state index contributed by atoms with van der Waals surface area (Å²) in [7, 11) is 0. The van der Waals surface area contributed by atoms with E-state index in [1.54, 1.807) is 0 Å². The zero-order valence-electron chi connectivity index (χ0n) is 11.0. The van der Waals surface area contributed by atoms with Crippen LogP contribution in [-0.4, -0.2) is 48.7 Å². The van der Waals surface area contributed by atoms with Crippen LogP contribution in [0.5, 0.6) is 0 Å². The van der Waals surface area contributed by atoms with Crippen LogP contribution in [0.3, 0.4) is 0 Å². The lowest BCUT2D eigenvalue weighted by Crippen LogP contribution is -2.52. The minimum Gasteiger partial charge on any atom is -0.365 e. The minimum absolute atomic E-state index is 0.199. The van der Waals surface area contributed by atoms with Crippen LogP contribution in [0.25, 0.3) is 0 Å². The summed E-state index contributed by atoms with van der Waals surface area (Å²) in [6.07, 6.45) is 4.01. The Bertz CT molecular complexity index is 267. The Hall–Kier alpha value is -0.610. The number of amides is 1.